The van der Waals surface area contributed by atoms with Crippen molar-refractivity contribution in [2.45, 2.75) is 26.2 Å². The Morgan fingerprint density at radius 2 is 1.88 bits per heavy atom. The summed E-state index contributed by atoms with van der Waals surface area (Å²) in [7, 11) is 1.76. The monoisotopic (exact) mass is 220 g/mol. The molecule has 0 atom stereocenters. The quantitative estimate of drug-likeness (QED) is 0.827. The van der Waals surface area contributed by atoms with Crippen LogP contribution in [0, 0.1) is 0 Å². The summed E-state index contributed by atoms with van der Waals surface area (Å²) in [4.78, 5) is 13.2. The van der Waals surface area contributed by atoms with Crippen molar-refractivity contribution in [3.8, 4) is 0 Å². The van der Waals surface area contributed by atoms with Gasteiger partial charge in [-0.1, -0.05) is 39.0 Å². The molecule has 88 valence electrons. The molecular formula is C13H20N2O. The number of nitrogens with two attached hydrogens (primary N) is 1. The van der Waals surface area contributed by atoms with Crippen molar-refractivity contribution < 1.29 is 4.79 Å². The molecule has 3 heteroatoms. The molecule has 0 saturated carbocycles. The van der Waals surface area contributed by atoms with Crippen LogP contribution in [0.25, 0.3) is 0 Å². The maximum absolute atomic E-state index is 11.6. The first-order valence-corrected chi connectivity index (χ1v) is 5.44. The van der Waals surface area contributed by atoms with E-state index in [2.05, 4.69) is 26.8 Å². The Hall–Kier alpha value is -1.35. The minimum atomic E-state index is -0.0725. The molecule has 1 aromatic rings. The zero-order valence-corrected chi connectivity index (χ0v) is 10.4. The fraction of sp³-hybridized carbons (Fsp3) is 0.462. The van der Waals surface area contributed by atoms with Gasteiger partial charge in [0.15, 0.2) is 0 Å². The highest BCUT2D eigenvalue weighted by atomic mass is 16.2. The summed E-state index contributed by atoms with van der Waals surface area (Å²) in [6.45, 7) is 6.43. The van der Waals surface area contributed by atoms with Crippen molar-refractivity contribution in [3.05, 3.63) is 29.8 Å². The summed E-state index contributed by atoms with van der Waals surface area (Å²) >= 11 is 0. The van der Waals surface area contributed by atoms with Crippen LogP contribution in [0.1, 0.15) is 26.3 Å². The average molecular weight is 220 g/mol. The van der Waals surface area contributed by atoms with Crippen LogP contribution in [-0.4, -0.2) is 19.5 Å². The van der Waals surface area contributed by atoms with Gasteiger partial charge in [-0.25, -0.2) is 0 Å². The van der Waals surface area contributed by atoms with Gasteiger partial charge in [0.1, 0.15) is 0 Å². The molecule has 0 aliphatic rings. The summed E-state index contributed by atoms with van der Waals surface area (Å²) in [5, 5.41) is 0. The molecule has 0 saturated heterocycles. The summed E-state index contributed by atoms with van der Waals surface area (Å²) < 4.78 is 0. The van der Waals surface area contributed by atoms with Crippen LogP contribution in [0.15, 0.2) is 24.3 Å². The van der Waals surface area contributed by atoms with E-state index in [4.69, 9.17) is 5.73 Å². The Morgan fingerprint density at radius 3 is 2.38 bits per heavy atom. The molecule has 0 heterocycles. The number of carbonyl (C=O) groups is 1. The second kappa shape index (κ2) is 4.66. The van der Waals surface area contributed by atoms with Gasteiger partial charge in [0.05, 0.1) is 6.54 Å². The molecule has 16 heavy (non-hydrogen) atoms. The van der Waals surface area contributed by atoms with E-state index in [0.717, 1.165) is 11.3 Å². The Bertz CT molecular complexity index is 380. The van der Waals surface area contributed by atoms with Gasteiger partial charge < -0.3 is 10.6 Å². The van der Waals surface area contributed by atoms with E-state index in [9.17, 15) is 4.79 Å². The Kier molecular flexibility index (Phi) is 3.70. The second-order valence-electron chi connectivity index (χ2n) is 4.92. The Balaban J connectivity index is 3.19. The molecule has 0 bridgehead atoms. The lowest BCUT2D eigenvalue weighted by atomic mass is 9.85. The number of hydrogen-bond acceptors (Lipinski definition) is 2. The van der Waals surface area contributed by atoms with E-state index in [1.165, 1.54) is 0 Å². The van der Waals surface area contributed by atoms with E-state index in [0.29, 0.717) is 0 Å². The molecule has 0 unspecified atom stereocenters. The van der Waals surface area contributed by atoms with Gasteiger partial charge in [-0.05, 0) is 17.0 Å². The van der Waals surface area contributed by atoms with Gasteiger partial charge in [-0.3, -0.25) is 4.79 Å². The van der Waals surface area contributed by atoms with Crippen molar-refractivity contribution in [1.29, 1.82) is 0 Å². The van der Waals surface area contributed by atoms with Crippen molar-refractivity contribution in [2.24, 2.45) is 5.73 Å². The molecule has 0 aromatic heterocycles. The van der Waals surface area contributed by atoms with Gasteiger partial charge in [0.2, 0.25) is 5.91 Å². The highest BCUT2D eigenvalue weighted by molar-refractivity contribution is 5.95. The van der Waals surface area contributed by atoms with Crippen LogP contribution >= 0.6 is 0 Å². The van der Waals surface area contributed by atoms with Crippen LogP contribution in [0.2, 0.25) is 0 Å². The lowest BCUT2D eigenvalue weighted by molar-refractivity contribution is -0.117. The molecule has 0 aliphatic carbocycles. The van der Waals surface area contributed by atoms with E-state index >= 15 is 0 Å². The number of benzene rings is 1. The number of carbonyl (C=O) groups excluding carboxylic acids is 1. The minimum absolute atomic E-state index is 0.0136. The number of amides is 1. The van der Waals surface area contributed by atoms with E-state index in [1.807, 2.05) is 18.2 Å². The van der Waals surface area contributed by atoms with Crippen LogP contribution in [0.5, 0.6) is 0 Å². The summed E-state index contributed by atoms with van der Waals surface area (Å²) in [5.41, 5.74) is 7.48. The fourth-order valence-electron chi connectivity index (χ4n) is 1.67. The first-order chi connectivity index (χ1) is 7.38. The third-order valence-corrected chi connectivity index (χ3v) is 2.62. The molecular weight excluding hydrogens is 200 g/mol. The molecule has 3 nitrogen and oxygen atoms in total. The van der Waals surface area contributed by atoms with E-state index < -0.39 is 0 Å². The average Bonchev–Trinajstić information content (AvgIpc) is 2.26. The molecule has 0 aliphatic heterocycles. The molecule has 0 spiro atoms. The SMILES string of the molecule is CN(C(=O)CN)c1ccccc1C(C)(C)C. The molecule has 1 amide bonds. The highest BCUT2D eigenvalue weighted by Gasteiger charge is 2.21. The van der Waals surface area contributed by atoms with Gasteiger partial charge in [-0.2, -0.15) is 0 Å². The zero-order chi connectivity index (χ0) is 12.3. The maximum Gasteiger partial charge on any atom is 0.240 e. The van der Waals surface area contributed by atoms with Gasteiger partial charge in [-0.15, -0.1) is 0 Å². The highest BCUT2D eigenvalue weighted by Crippen LogP contribution is 2.31. The minimum Gasteiger partial charge on any atom is -0.322 e. The topological polar surface area (TPSA) is 46.3 Å². The summed E-state index contributed by atoms with van der Waals surface area (Å²) in [5.74, 6) is -0.0725. The number of rotatable bonds is 2. The Labute approximate surface area is 97.2 Å². The fourth-order valence-corrected chi connectivity index (χ4v) is 1.67. The molecule has 2 N–H and O–H groups in total. The largest absolute Gasteiger partial charge is 0.322 e. The van der Waals surface area contributed by atoms with Gasteiger partial charge in [0, 0.05) is 12.7 Å². The van der Waals surface area contributed by atoms with Crippen molar-refractivity contribution >= 4 is 11.6 Å². The van der Waals surface area contributed by atoms with Crippen molar-refractivity contribution in [1.82, 2.24) is 0 Å². The van der Waals surface area contributed by atoms with Crippen LogP contribution in [0.4, 0.5) is 5.69 Å². The molecule has 1 rings (SSSR count). The van der Waals surface area contributed by atoms with Crippen LogP contribution < -0.4 is 10.6 Å². The third-order valence-electron chi connectivity index (χ3n) is 2.62. The lowest BCUT2D eigenvalue weighted by Gasteiger charge is -2.27. The van der Waals surface area contributed by atoms with Gasteiger partial charge in [0.25, 0.3) is 0 Å². The second-order valence-corrected chi connectivity index (χ2v) is 4.92. The number of para-hydroxylation sites is 1. The molecule has 1 aromatic carbocycles. The van der Waals surface area contributed by atoms with Crippen molar-refractivity contribution in [3.63, 3.8) is 0 Å². The Morgan fingerprint density at radius 1 is 1.31 bits per heavy atom. The van der Waals surface area contributed by atoms with E-state index in [1.54, 1.807) is 11.9 Å². The normalized spacial score (nSPS) is 11.3. The molecule has 0 fully saturated rings. The summed E-state index contributed by atoms with van der Waals surface area (Å²) in [6, 6.07) is 7.93. The van der Waals surface area contributed by atoms with Crippen LogP contribution in [0.3, 0.4) is 0 Å². The lowest BCUT2D eigenvalue weighted by Crippen LogP contribution is -2.34. The number of anilines is 1. The van der Waals surface area contributed by atoms with Gasteiger partial charge >= 0.3 is 0 Å². The van der Waals surface area contributed by atoms with Crippen molar-refractivity contribution in [2.75, 3.05) is 18.5 Å². The molecule has 0 radical (unpaired) electrons. The number of hydrogen-bond donors (Lipinski definition) is 1. The summed E-state index contributed by atoms with van der Waals surface area (Å²) in [6.07, 6.45) is 0. The maximum atomic E-state index is 11.6. The first kappa shape index (κ1) is 12.7. The zero-order valence-electron chi connectivity index (χ0n) is 10.4. The number of nitrogens with zero attached hydrogens (tertiary/aromatic N) is 1. The van der Waals surface area contributed by atoms with E-state index in [-0.39, 0.29) is 17.9 Å². The predicted molar refractivity (Wildman–Crippen MR) is 67.6 cm³/mol. The standard InChI is InChI=1S/C13H20N2O/c1-13(2,3)10-7-5-6-8-11(10)15(4)12(16)9-14/h5-8H,9,14H2,1-4H3. The third kappa shape index (κ3) is 2.61. The smallest absolute Gasteiger partial charge is 0.240 e. The predicted octanol–water partition coefficient (Wildman–Crippen LogP) is 1.91. The first-order valence-electron chi connectivity index (χ1n) is 5.44. The van der Waals surface area contributed by atoms with Crippen LogP contribution in [-0.2, 0) is 10.2 Å². The number of likely N-dealkylation sites (N-methyl/N-ethyl adjacent to an activating group) is 1.